The number of fused-ring (bicyclic) bond motifs is 1. The molecule has 5 rings (SSSR count). The van der Waals surface area contributed by atoms with Crippen LogP contribution in [-0.2, 0) is 6.42 Å². The average Bonchev–Trinajstić information content (AvgIpc) is 3.47. The van der Waals surface area contributed by atoms with Gasteiger partial charge in [-0.25, -0.2) is 9.97 Å². The highest BCUT2D eigenvalue weighted by molar-refractivity contribution is 7.14. The number of nitrogens with one attached hydrogen (secondary N) is 1. The topological polar surface area (TPSA) is 77.2 Å². The number of furan rings is 1. The Morgan fingerprint density at radius 1 is 1.15 bits per heavy atom. The Balaban J connectivity index is 1.32. The Morgan fingerprint density at radius 2 is 2.11 bits per heavy atom. The normalized spacial score (nSPS) is 12.6. The van der Waals surface area contributed by atoms with Gasteiger partial charge in [-0.2, -0.15) is 0 Å². The van der Waals surface area contributed by atoms with Gasteiger partial charge in [0.15, 0.2) is 15.9 Å². The molecule has 1 amide bonds. The van der Waals surface area contributed by atoms with Gasteiger partial charge in [-0.05, 0) is 35.9 Å². The molecule has 134 valence electrons. The number of hydrogen-bond donors (Lipinski definition) is 1. The molecule has 8 heteroatoms. The van der Waals surface area contributed by atoms with Crippen LogP contribution < -0.4 is 10.1 Å². The van der Waals surface area contributed by atoms with E-state index in [1.54, 1.807) is 17.7 Å². The zero-order valence-electron chi connectivity index (χ0n) is 14.0. The Hall–Kier alpha value is -2.97. The minimum absolute atomic E-state index is 0.285. The fraction of sp³-hybridized carbons (Fsp3) is 0.105. The largest absolute Gasteiger partial charge is 0.493 e. The molecule has 1 aliphatic rings. The molecule has 27 heavy (non-hydrogen) atoms. The first-order valence-electron chi connectivity index (χ1n) is 8.29. The molecule has 1 aromatic carbocycles. The van der Waals surface area contributed by atoms with Crippen molar-refractivity contribution in [3.8, 4) is 27.8 Å². The van der Waals surface area contributed by atoms with E-state index in [4.69, 9.17) is 9.15 Å². The van der Waals surface area contributed by atoms with Crippen LogP contribution in [-0.4, -0.2) is 22.5 Å². The lowest BCUT2D eigenvalue weighted by molar-refractivity contribution is 0.102. The summed E-state index contributed by atoms with van der Waals surface area (Å²) < 4.78 is 10.8. The molecule has 1 N–H and O–H groups in total. The van der Waals surface area contributed by atoms with Crippen molar-refractivity contribution in [2.24, 2.45) is 0 Å². The molecule has 0 unspecified atom stereocenters. The fourth-order valence-corrected chi connectivity index (χ4v) is 4.34. The van der Waals surface area contributed by atoms with E-state index in [2.05, 4.69) is 21.4 Å². The number of benzene rings is 1. The second-order valence-electron chi connectivity index (χ2n) is 5.93. The average molecular weight is 395 g/mol. The van der Waals surface area contributed by atoms with E-state index in [1.807, 2.05) is 23.6 Å². The summed E-state index contributed by atoms with van der Waals surface area (Å²) >= 11 is 2.75. The lowest BCUT2D eigenvalue weighted by Gasteiger charge is -2.01. The van der Waals surface area contributed by atoms with Gasteiger partial charge < -0.3 is 9.15 Å². The number of carbonyl (C=O) groups is 1. The SMILES string of the molecule is O=C(Nc1nc(-c2ccc3c(c2)CCO3)cs1)c1csc(-c2ccco2)n1. The molecule has 6 nitrogen and oxygen atoms in total. The molecule has 0 atom stereocenters. The molecule has 4 heterocycles. The van der Waals surface area contributed by atoms with Gasteiger partial charge in [-0.3, -0.25) is 10.1 Å². The van der Waals surface area contributed by atoms with Gasteiger partial charge in [0.1, 0.15) is 11.4 Å². The Labute approximate surface area is 162 Å². The zero-order chi connectivity index (χ0) is 18.2. The number of hydrogen-bond acceptors (Lipinski definition) is 7. The van der Waals surface area contributed by atoms with Crippen LogP contribution in [0.2, 0.25) is 0 Å². The summed E-state index contributed by atoms with van der Waals surface area (Å²) in [5, 5.41) is 7.67. The van der Waals surface area contributed by atoms with Crippen LogP contribution in [0.5, 0.6) is 5.75 Å². The van der Waals surface area contributed by atoms with Crippen LogP contribution in [0.3, 0.4) is 0 Å². The number of rotatable bonds is 4. The van der Waals surface area contributed by atoms with Crippen molar-refractivity contribution in [3.63, 3.8) is 0 Å². The van der Waals surface area contributed by atoms with E-state index in [-0.39, 0.29) is 5.91 Å². The number of anilines is 1. The van der Waals surface area contributed by atoms with Crippen LogP contribution in [0.25, 0.3) is 22.0 Å². The van der Waals surface area contributed by atoms with Gasteiger partial charge in [-0.1, -0.05) is 0 Å². The second-order valence-corrected chi connectivity index (χ2v) is 7.64. The Kier molecular flexibility index (Phi) is 3.99. The van der Waals surface area contributed by atoms with Gasteiger partial charge in [0, 0.05) is 22.7 Å². The van der Waals surface area contributed by atoms with Crippen LogP contribution in [0.1, 0.15) is 16.1 Å². The van der Waals surface area contributed by atoms with Gasteiger partial charge in [0.2, 0.25) is 0 Å². The summed E-state index contributed by atoms with van der Waals surface area (Å²) in [6.45, 7) is 0.727. The smallest absolute Gasteiger partial charge is 0.276 e. The third kappa shape index (κ3) is 3.13. The number of amides is 1. The Morgan fingerprint density at radius 3 is 3.00 bits per heavy atom. The maximum atomic E-state index is 12.4. The number of thiazole rings is 2. The van der Waals surface area contributed by atoms with Crippen molar-refractivity contribution >= 4 is 33.7 Å². The van der Waals surface area contributed by atoms with E-state index >= 15 is 0 Å². The lowest BCUT2D eigenvalue weighted by atomic mass is 10.1. The molecule has 3 aromatic heterocycles. The molecule has 0 saturated heterocycles. The molecule has 0 saturated carbocycles. The molecular weight excluding hydrogens is 382 g/mol. The molecule has 0 spiro atoms. The lowest BCUT2D eigenvalue weighted by Crippen LogP contribution is -2.12. The molecule has 0 radical (unpaired) electrons. The highest BCUT2D eigenvalue weighted by Crippen LogP contribution is 2.32. The van der Waals surface area contributed by atoms with Crippen LogP contribution in [0.15, 0.2) is 51.8 Å². The van der Waals surface area contributed by atoms with Crippen LogP contribution >= 0.6 is 22.7 Å². The first-order valence-corrected chi connectivity index (χ1v) is 10.0. The van der Waals surface area contributed by atoms with Crippen LogP contribution in [0, 0.1) is 0 Å². The first kappa shape index (κ1) is 16.2. The maximum Gasteiger partial charge on any atom is 0.276 e. The van der Waals surface area contributed by atoms with E-state index < -0.39 is 0 Å². The number of nitrogens with zero attached hydrogens (tertiary/aromatic N) is 2. The van der Waals surface area contributed by atoms with Gasteiger partial charge >= 0.3 is 0 Å². The van der Waals surface area contributed by atoms with E-state index in [1.165, 1.54) is 28.2 Å². The van der Waals surface area contributed by atoms with Crippen molar-refractivity contribution < 1.29 is 13.9 Å². The van der Waals surface area contributed by atoms with Gasteiger partial charge in [-0.15, -0.1) is 22.7 Å². The minimum Gasteiger partial charge on any atom is -0.493 e. The van der Waals surface area contributed by atoms with Crippen molar-refractivity contribution in [2.45, 2.75) is 6.42 Å². The van der Waals surface area contributed by atoms with Crippen molar-refractivity contribution in [1.82, 2.24) is 9.97 Å². The zero-order valence-corrected chi connectivity index (χ0v) is 15.6. The fourth-order valence-electron chi connectivity index (χ4n) is 2.86. The predicted octanol–water partition coefficient (Wildman–Crippen LogP) is 4.71. The van der Waals surface area contributed by atoms with Gasteiger partial charge in [0.05, 0.1) is 18.6 Å². The van der Waals surface area contributed by atoms with Crippen molar-refractivity contribution in [1.29, 1.82) is 0 Å². The van der Waals surface area contributed by atoms with Gasteiger partial charge in [0.25, 0.3) is 5.91 Å². The molecular formula is C19H13N3O3S2. The molecule has 0 bridgehead atoms. The molecule has 0 fully saturated rings. The Bertz CT molecular complexity index is 1120. The highest BCUT2D eigenvalue weighted by Gasteiger charge is 2.17. The summed E-state index contributed by atoms with van der Waals surface area (Å²) in [5.74, 6) is 1.31. The second kappa shape index (κ2) is 6.64. The summed E-state index contributed by atoms with van der Waals surface area (Å²) in [5.41, 5.74) is 3.39. The third-order valence-electron chi connectivity index (χ3n) is 4.18. The number of aromatic nitrogens is 2. The summed E-state index contributed by atoms with van der Waals surface area (Å²) in [6, 6.07) is 9.66. The molecule has 1 aliphatic heterocycles. The molecule has 4 aromatic rings. The quantitative estimate of drug-likeness (QED) is 0.541. The van der Waals surface area contributed by atoms with Crippen molar-refractivity contribution in [3.05, 3.63) is 58.6 Å². The van der Waals surface area contributed by atoms with E-state index in [0.717, 1.165) is 30.0 Å². The third-order valence-corrected chi connectivity index (χ3v) is 5.79. The monoisotopic (exact) mass is 395 g/mol. The molecule has 0 aliphatic carbocycles. The summed E-state index contributed by atoms with van der Waals surface area (Å²) in [4.78, 5) is 21.3. The predicted molar refractivity (Wildman–Crippen MR) is 105 cm³/mol. The van der Waals surface area contributed by atoms with E-state index in [9.17, 15) is 4.79 Å². The maximum absolute atomic E-state index is 12.4. The standard InChI is InChI=1S/C19H13N3O3S2/c23-17(14-10-26-18(20-14)16-2-1-6-24-16)22-19-21-13(9-27-19)11-3-4-15-12(8-11)5-7-25-15/h1-4,6,8-10H,5,7H2,(H,21,22,23). The highest BCUT2D eigenvalue weighted by atomic mass is 32.1. The first-order chi connectivity index (χ1) is 13.3. The van der Waals surface area contributed by atoms with E-state index in [0.29, 0.717) is 21.6 Å². The summed E-state index contributed by atoms with van der Waals surface area (Å²) in [6.07, 6.45) is 2.50. The van der Waals surface area contributed by atoms with Crippen molar-refractivity contribution in [2.75, 3.05) is 11.9 Å². The number of ether oxygens (including phenoxy) is 1. The minimum atomic E-state index is -0.285. The summed E-state index contributed by atoms with van der Waals surface area (Å²) in [7, 11) is 0. The van der Waals surface area contributed by atoms with Crippen LogP contribution in [0.4, 0.5) is 5.13 Å². The number of carbonyl (C=O) groups excluding carboxylic acids is 1.